The smallest absolute Gasteiger partial charge is 0.217 e. The van der Waals surface area contributed by atoms with Gasteiger partial charge in [0, 0.05) is 5.69 Å². The van der Waals surface area contributed by atoms with E-state index in [9.17, 15) is 0 Å². The maximum atomic E-state index is 5.70. The van der Waals surface area contributed by atoms with Gasteiger partial charge in [-0.05, 0) is 37.4 Å². The van der Waals surface area contributed by atoms with E-state index < -0.39 is 0 Å². The van der Waals surface area contributed by atoms with Crippen molar-refractivity contribution in [2.45, 2.75) is 27.2 Å². The lowest BCUT2D eigenvalue weighted by atomic mass is 10.1. The second-order valence-corrected chi connectivity index (χ2v) is 3.84. The first-order valence-corrected chi connectivity index (χ1v) is 5.42. The average molecular weight is 238 g/mol. The summed E-state index contributed by atoms with van der Waals surface area (Å²) in [6.45, 7) is 6.10. The molecule has 2 rings (SSSR count). The van der Waals surface area contributed by atoms with Gasteiger partial charge < -0.3 is 0 Å². The van der Waals surface area contributed by atoms with Crippen molar-refractivity contribution >= 4 is 11.6 Å². The average Bonchev–Trinajstić information content (AvgIpc) is 2.54. The lowest BCUT2D eigenvalue weighted by Gasteiger charge is -2.02. The molecule has 0 spiro atoms. The van der Waals surface area contributed by atoms with Crippen LogP contribution < -0.4 is 0 Å². The second-order valence-electron chi connectivity index (χ2n) is 3.50. The molecule has 0 atom stereocenters. The highest BCUT2D eigenvalue weighted by atomic mass is 35.5. The molecule has 0 bridgehead atoms. The van der Waals surface area contributed by atoms with Crippen molar-refractivity contribution < 1.29 is 0 Å². The van der Waals surface area contributed by atoms with Crippen LogP contribution in [0, 0.1) is 13.8 Å². The third-order valence-corrected chi connectivity index (χ3v) is 2.69. The molecule has 0 saturated carbocycles. The van der Waals surface area contributed by atoms with E-state index in [4.69, 9.17) is 11.6 Å². The molecule has 6 heteroatoms. The molecule has 2 heterocycles. The maximum Gasteiger partial charge on any atom is 0.244 e. The molecule has 0 aliphatic carbocycles. The molecule has 5 nitrogen and oxygen atoms in total. The van der Waals surface area contributed by atoms with Crippen LogP contribution in [0.2, 0.25) is 5.28 Å². The van der Waals surface area contributed by atoms with Gasteiger partial charge in [-0.3, -0.25) is 0 Å². The van der Waals surface area contributed by atoms with E-state index in [-0.39, 0.29) is 5.28 Å². The molecule has 0 unspecified atom stereocenters. The molecular weight excluding hydrogens is 226 g/mol. The summed E-state index contributed by atoms with van der Waals surface area (Å²) in [4.78, 5) is 4.09. The Balaban J connectivity index is 2.56. The molecule has 2 aromatic rings. The van der Waals surface area contributed by atoms with Crippen LogP contribution in [0.1, 0.15) is 23.9 Å². The van der Waals surface area contributed by atoms with Crippen LogP contribution in [-0.4, -0.2) is 25.0 Å². The van der Waals surface area contributed by atoms with Gasteiger partial charge >= 0.3 is 0 Å². The van der Waals surface area contributed by atoms with E-state index in [1.54, 1.807) is 10.9 Å². The lowest BCUT2D eigenvalue weighted by molar-refractivity contribution is 0.781. The van der Waals surface area contributed by atoms with Crippen LogP contribution in [0.4, 0.5) is 0 Å². The van der Waals surface area contributed by atoms with Crippen molar-refractivity contribution in [3.63, 3.8) is 0 Å². The Hall–Kier alpha value is -1.49. The van der Waals surface area contributed by atoms with E-state index in [2.05, 4.69) is 27.2 Å². The minimum Gasteiger partial charge on any atom is -0.217 e. The van der Waals surface area contributed by atoms with Crippen molar-refractivity contribution in [2.75, 3.05) is 0 Å². The number of aryl methyl sites for hydroxylation is 1. The van der Waals surface area contributed by atoms with Crippen LogP contribution >= 0.6 is 11.6 Å². The first kappa shape index (κ1) is 11.0. The van der Waals surface area contributed by atoms with Gasteiger partial charge in [-0.15, -0.1) is 5.10 Å². The monoisotopic (exact) mass is 237 g/mol. The van der Waals surface area contributed by atoms with Gasteiger partial charge in [0.15, 0.2) is 5.82 Å². The Morgan fingerprint density at radius 2 is 2.12 bits per heavy atom. The van der Waals surface area contributed by atoms with Gasteiger partial charge in [0.2, 0.25) is 5.28 Å². The van der Waals surface area contributed by atoms with Crippen molar-refractivity contribution in [3.8, 4) is 5.82 Å². The van der Waals surface area contributed by atoms with Crippen molar-refractivity contribution in [2.24, 2.45) is 0 Å². The van der Waals surface area contributed by atoms with Gasteiger partial charge in [-0.2, -0.15) is 15.2 Å². The van der Waals surface area contributed by atoms with Gasteiger partial charge in [0.1, 0.15) is 0 Å². The quantitative estimate of drug-likeness (QED) is 0.801. The highest BCUT2D eigenvalue weighted by Crippen LogP contribution is 2.16. The molecule has 0 saturated heterocycles. The molecule has 0 radical (unpaired) electrons. The number of hydrogen-bond acceptors (Lipinski definition) is 4. The van der Waals surface area contributed by atoms with Crippen molar-refractivity contribution in [1.29, 1.82) is 0 Å². The zero-order chi connectivity index (χ0) is 11.7. The molecule has 0 aliphatic heterocycles. The number of nitrogens with zero attached hydrogens (tertiary/aromatic N) is 5. The zero-order valence-corrected chi connectivity index (χ0v) is 10.2. The molecule has 0 amide bonds. The summed E-state index contributed by atoms with van der Waals surface area (Å²) in [6.07, 6.45) is 2.49. The van der Waals surface area contributed by atoms with Crippen LogP contribution in [-0.2, 0) is 6.42 Å². The molecule has 0 fully saturated rings. The van der Waals surface area contributed by atoms with E-state index in [1.807, 2.05) is 13.8 Å². The summed E-state index contributed by atoms with van der Waals surface area (Å²) in [5.74, 6) is 0.598. The van der Waals surface area contributed by atoms with Gasteiger partial charge in [0.05, 0.1) is 11.9 Å². The van der Waals surface area contributed by atoms with Crippen LogP contribution in [0.15, 0.2) is 6.20 Å². The fraction of sp³-hybridized carbons (Fsp3) is 0.400. The summed E-state index contributed by atoms with van der Waals surface area (Å²) >= 11 is 5.70. The summed E-state index contributed by atoms with van der Waals surface area (Å²) < 4.78 is 1.74. The normalized spacial score (nSPS) is 10.8. The predicted octanol–water partition coefficient (Wildman–Crippen LogP) is 1.89. The lowest BCUT2D eigenvalue weighted by Crippen LogP contribution is -2.04. The number of hydrogen-bond donors (Lipinski definition) is 0. The fourth-order valence-electron chi connectivity index (χ4n) is 1.79. The minimum atomic E-state index is 0.128. The first-order chi connectivity index (χ1) is 7.63. The van der Waals surface area contributed by atoms with Gasteiger partial charge in [0.25, 0.3) is 0 Å². The van der Waals surface area contributed by atoms with Gasteiger partial charge in [-0.25, -0.2) is 4.68 Å². The second kappa shape index (κ2) is 4.17. The number of aromatic nitrogens is 5. The van der Waals surface area contributed by atoms with Crippen LogP contribution in [0.5, 0.6) is 0 Å². The Bertz CT molecular complexity index is 520. The van der Waals surface area contributed by atoms with E-state index in [1.165, 1.54) is 5.56 Å². The first-order valence-electron chi connectivity index (χ1n) is 5.04. The molecule has 84 valence electrons. The van der Waals surface area contributed by atoms with E-state index in [0.29, 0.717) is 5.82 Å². The maximum absolute atomic E-state index is 5.70. The minimum absolute atomic E-state index is 0.128. The Morgan fingerprint density at radius 1 is 1.38 bits per heavy atom. The number of halogens is 1. The molecular formula is C10H12ClN5. The molecule has 0 N–H and O–H groups in total. The van der Waals surface area contributed by atoms with Crippen molar-refractivity contribution in [1.82, 2.24) is 25.0 Å². The topological polar surface area (TPSA) is 56.5 Å². The van der Waals surface area contributed by atoms with Crippen LogP contribution in [0.25, 0.3) is 5.82 Å². The zero-order valence-electron chi connectivity index (χ0n) is 9.40. The highest BCUT2D eigenvalue weighted by Gasteiger charge is 2.12. The SMILES string of the molecule is CCc1c(C)nn(-c2cnnc(Cl)n2)c1C. The Morgan fingerprint density at radius 3 is 2.69 bits per heavy atom. The fourth-order valence-corrected chi connectivity index (χ4v) is 1.92. The standard InChI is InChI=1S/C10H12ClN5/c1-4-8-6(2)15-16(7(8)3)9-5-12-14-10(11)13-9/h5H,4H2,1-3H3. The van der Waals surface area contributed by atoms with E-state index in [0.717, 1.165) is 17.8 Å². The third-order valence-electron chi connectivity index (χ3n) is 2.53. The summed E-state index contributed by atoms with van der Waals surface area (Å²) in [7, 11) is 0. The summed E-state index contributed by atoms with van der Waals surface area (Å²) in [5.41, 5.74) is 3.31. The molecule has 0 aromatic carbocycles. The predicted molar refractivity (Wildman–Crippen MR) is 60.8 cm³/mol. The number of rotatable bonds is 2. The van der Waals surface area contributed by atoms with Gasteiger partial charge in [-0.1, -0.05) is 6.92 Å². The molecule has 16 heavy (non-hydrogen) atoms. The van der Waals surface area contributed by atoms with Crippen molar-refractivity contribution in [3.05, 3.63) is 28.4 Å². The molecule has 0 aliphatic rings. The Labute approximate surface area is 98.5 Å². The summed E-state index contributed by atoms with van der Waals surface area (Å²) in [6, 6.07) is 0. The van der Waals surface area contributed by atoms with E-state index >= 15 is 0 Å². The van der Waals surface area contributed by atoms with Crippen LogP contribution in [0.3, 0.4) is 0 Å². The molecule has 2 aromatic heterocycles. The third kappa shape index (κ3) is 1.78. The Kier molecular flexibility index (Phi) is 2.87. The summed E-state index contributed by atoms with van der Waals surface area (Å²) in [5, 5.41) is 11.9. The largest absolute Gasteiger partial charge is 0.244 e. The highest BCUT2D eigenvalue weighted by molar-refractivity contribution is 6.28.